The van der Waals surface area contributed by atoms with Gasteiger partial charge in [-0.1, -0.05) is 55.4 Å². The molecule has 3 aromatic rings. The minimum atomic E-state index is -0.727. The summed E-state index contributed by atoms with van der Waals surface area (Å²) in [4.78, 5) is 8.60. The number of aliphatic hydroxyl groups is 3. The van der Waals surface area contributed by atoms with Crippen molar-refractivity contribution in [2.45, 2.75) is 101 Å². The normalized spacial score (nSPS) is 27.0. The van der Waals surface area contributed by atoms with E-state index in [1.807, 2.05) is 30.3 Å². The molecule has 0 saturated heterocycles. The van der Waals surface area contributed by atoms with Crippen LogP contribution in [-0.2, 0) is 12.8 Å². The van der Waals surface area contributed by atoms with E-state index in [-0.39, 0.29) is 36.0 Å². The molecule has 8 heteroatoms. The number of nitrogens with zero attached hydrogens (tertiary/aromatic N) is 2. The number of hydrogen-bond acceptors (Lipinski definition) is 7. The number of hydrogen-bond donors (Lipinski definition) is 5. The van der Waals surface area contributed by atoms with Crippen molar-refractivity contribution < 1.29 is 25.2 Å². The molecule has 8 atom stereocenters. The maximum atomic E-state index is 11.7. The van der Waals surface area contributed by atoms with Gasteiger partial charge in [0.05, 0.1) is 18.8 Å². The van der Waals surface area contributed by atoms with Gasteiger partial charge in [-0.25, -0.2) is 4.98 Å². The van der Waals surface area contributed by atoms with Crippen LogP contribution in [0.15, 0.2) is 60.4 Å². The summed E-state index contributed by atoms with van der Waals surface area (Å²) in [6.45, 7) is 1.94. The molecule has 250 valence electrons. The minimum Gasteiger partial charge on any atom is -0.668 e. The summed E-state index contributed by atoms with van der Waals surface area (Å²) in [5.74, 6) is 7.43. The van der Waals surface area contributed by atoms with Gasteiger partial charge in [0.25, 0.3) is 0 Å². The zero-order valence-corrected chi connectivity index (χ0v) is 27.3. The van der Waals surface area contributed by atoms with Gasteiger partial charge in [-0.05, 0) is 98.2 Å². The third-order valence-corrected chi connectivity index (χ3v) is 10.5. The van der Waals surface area contributed by atoms with Crippen molar-refractivity contribution in [1.29, 1.82) is 0 Å². The third kappa shape index (κ3) is 7.70. The van der Waals surface area contributed by atoms with Gasteiger partial charge >= 0.3 is 0 Å². The van der Waals surface area contributed by atoms with E-state index in [0.717, 1.165) is 60.9 Å². The molecule has 3 aliphatic rings. The van der Waals surface area contributed by atoms with Crippen molar-refractivity contribution in [2.24, 2.45) is 17.8 Å². The zero-order chi connectivity index (χ0) is 32.9. The summed E-state index contributed by atoms with van der Waals surface area (Å²) in [6.07, 6.45) is 11.6. The SMILES string of the molecule is CCC1C#CC2C=C3CCc4cc(O)c(OC(CO)CC(Cc5ccc[n-]5)c5ccnc(N)c5)cc4C3CC(O)C2C(O)CCCC1. The highest BCUT2D eigenvalue weighted by atomic mass is 16.5. The lowest BCUT2D eigenvalue weighted by Gasteiger charge is -2.32. The molecule has 0 radical (unpaired) electrons. The van der Waals surface area contributed by atoms with Crippen LogP contribution in [0.3, 0.4) is 0 Å². The van der Waals surface area contributed by atoms with Crippen molar-refractivity contribution in [1.82, 2.24) is 9.97 Å². The summed E-state index contributed by atoms with van der Waals surface area (Å²) in [6, 6.07) is 11.3. The van der Waals surface area contributed by atoms with Crippen molar-refractivity contribution in [3.8, 4) is 23.3 Å². The number of fused-ring (bicyclic) bond motifs is 4. The van der Waals surface area contributed by atoms with Crippen LogP contribution in [0.5, 0.6) is 11.5 Å². The second kappa shape index (κ2) is 15.0. The van der Waals surface area contributed by atoms with Crippen LogP contribution < -0.4 is 15.5 Å². The minimum absolute atomic E-state index is 0.0345. The number of phenols is 1. The molecule has 3 aliphatic carbocycles. The summed E-state index contributed by atoms with van der Waals surface area (Å²) >= 11 is 0. The lowest BCUT2D eigenvalue weighted by atomic mass is 9.76. The number of anilines is 1. The van der Waals surface area contributed by atoms with E-state index in [2.05, 4.69) is 34.8 Å². The molecule has 2 heterocycles. The molecule has 8 unspecified atom stereocenters. The number of rotatable bonds is 9. The first kappa shape index (κ1) is 33.1. The van der Waals surface area contributed by atoms with E-state index in [4.69, 9.17) is 10.5 Å². The second-order valence-corrected chi connectivity index (χ2v) is 13.7. The number of phenolic OH excluding ortho intramolecular Hbond substituents is 1. The second-order valence-electron chi connectivity index (χ2n) is 13.7. The number of aromatic nitrogens is 2. The molecule has 47 heavy (non-hydrogen) atoms. The highest BCUT2D eigenvalue weighted by Gasteiger charge is 2.40. The number of pyridine rings is 1. The van der Waals surface area contributed by atoms with Crippen LogP contribution in [0.4, 0.5) is 5.82 Å². The number of aryl methyl sites for hydroxylation is 1. The maximum Gasteiger partial charge on any atom is 0.161 e. The van der Waals surface area contributed by atoms with Crippen molar-refractivity contribution >= 4 is 5.82 Å². The van der Waals surface area contributed by atoms with Crippen molar-refractivity contribution in [2.75, 3.05) is 12.3 Å². The first-order valence-corrected chi connectivity index (χ1v) is 17.3. The summed E-state index contributed by atoms with van der Waals surface area (Å²) in [5.41, 5.74) is 11.2. The van der Waals surface area contributed by atoms with Crippen LogP contribution in [0.2, 0.25) is 0 Å². The number of nitrogens with two attached hydrogens (primary N) is 1. The predicted molar refractivity (Wildman–Crippen MR) is 182 cm³/mol. The fraction of sp³-hybridized carbons (Fsp3) is 0.513. The Balaban J connectivity index is 1.28. The summed E-state index contributed by atoms with van der Waals surface area (Å²) in [5, 5.41) is 44.6. The molecular formula is C39H48N3O5-. The van der Waals surface area contributed by atoms with E-state index in [1.165, 1.54) is 5.57 Å². The molecule has 0 spiro atoms. The van der Waals surface area contributed by atoms with E-state index in [0.29, 0.717) is 43.2 Å². The van der Waals surface area contributed by atoms with Gasteiger partial charge in [0.1, 0.15) is 11.9 Å². The smallest absolute Gasteiger partial charge is 0.161 e. The molecule has 0 saturated carbocycles. The average Bonchev–Trinajstić information content (AvgIpc) is 3.53. The van der Waals surface area contributed by atoms with Crippen molar-refractivity contribution in [3.05, 3.63) is 82.8 Å². The Morgan fingerprint density at radius 2 is 1.94 bits per heavy atom. The van der Waals surface area contributed by atoms with Gasteiger partial charge in [0.2, 0.25) is 0 Å². The van der Waals surface area contributed by atoms with Crippen LogP contribution in [0.1, 0.15) is 92.5 Å². The third-order valence-electron chi connectivity index (χ3n) is 10.5. The van der Waals surface area contributed by atoms with E-state index in [9.17, 15) is 20.4 Å². The number of allylic oxidation sites excluding steroid dienone is 2. The van der Waals surface area contributed by atoms with Gasteiger partial charge in [-0.15, -0.1) is 0 Å². The maximum absolute atomic E-state index is 11.7. The Morgan fingerprint density at radius 3 is 2.70 bits per heavy atom. The van der Waals surface area contributed by atoms with Crippen LogP contribution in [0.25, 0.3) is 0 Å². The molecule has 1 aromatic carbocycles. The van der Waals surface area contributed by atoms with Crippen LogP contribution in [-0.4, -0.2) is 50.3 Å². The highest BCUT2D eigenvalue weighted by Crippen LogP contribution is 2.48. The zero-order valence-electron chi connectivity index (χ0n) is 27.3. The first-order valence-electron chi connectivity index (χ1n) is 17.3. The number of aromatic hydroxyl groups is 1. The number of ether oxygens (including phenoxy) is 1. The van der Waals surface area contributed by atoms with Gasteiger partial charge in [0, 0.05) is 29.9 Å². The standard InChI is InChI=1S/C39H48N3O5/c1-2-24-6-3-4-8-34(44)39-28(10-9-24)16-26-11-12-27-19-35(45)37(22-33(27)32(26)21-36(39)46)47-31(23-43)18-29(17-30-7-5-14-41-30)25-13-15-42-38(40)20-25/h5,7,13-16,19-20,22,24,28-29,31-32,34,36,39,43-46H,2-4,6,8,11-12,17-18,21,23H2,1H3,(H2,40,42)/q-1. The molecule has 6 N–H and O–H groups in total. The Bertz CT molecular complexity index is 1590. The van der Waals surface area contributed by atoms with Gasteiger partial charge in [-0.2, -0.15) is 11.9 Å². The molecule has 2 aromatic heterocycles. The molecular weight excluding hydrogens is 590 g/mol. The Hall–Kier alpha value is -3.77. The van der Waals surface area contributed by atoms with Crippen LogP contribution in [0, 0.1) is 29.6 Å². The molecule has 0 fully saturated rings. The molecule has 8 nitrogen and oxygen atoms in total. The fourth-order valence-electron chi connectivity index (χ4n) is 7.96. The average molecular weight is 639 g/mol. The van der Waals surface area contributed by atoms with Gasteiger partial charge in [-0.3, -0.25) is 0 Å². The topological polar surface area (TPSA) is 143 Å². The van der Waals surface area contributed by atoms with E-state index < -0.39 is 18.3 Å². The summed E-state index contributed by atoms with van der Waals surface area (Å²) in [7, 11) is 0. The predicted octanol–water partition coefficient (Wildman–Crippen LogP) is 5.40. The fourth-order valence-corrected chi connectivity index (χ4v) is 7.96. The quantitative estimate of drug-likeness (QED) is 0.155. The Kier molecular flexibility index (Phi) is 10.6. The summed E-state index contributed by atoms with van der Waals surface area (Å²) < 4.78 is 6.38. The van der Waals surface area contributed by atoms with E-state index >= 15 is 0 Å². The Labute approximate surface area is 278 Å². The Morgan fingerprint density at radius 1 is 1.09 bits per heavy atom. The largest absolute Gasteiger partial charge is 0.668 e. The lowest BCUT2D eigenvalue weighted by Crippen LogP contribution is -2.37. The van der Waals surface area contributed by atoms with Crippen molar-refractivity contribution in [3.63, 3.8) is 0 Å². The molecule has 0 aliphatic heterocycles. The molecule has 6 rings (SSSR count). The molecule has 0 amide bonds. The number of aliphatic hydroxyl groups excluding tert-OH is 3. The molecule has 0 bridgehead atoms. The number of benzene rings is 1. The highest BCUT2D eigenvalue weighted by molar-refractivity contribution is 5.52. The number of nitrogen functional groups attached to an aromatic ring is 1. The van der Waals surface area contributed by atoms with Gasteiger partial charge < -0.3 is 35.9 Å². The van der Waals surface area contributed by atoms with Crippen LogP contribution >= 0.6 is 0 Å². The lowest BCUT2D eigenvalue weighted by molar-refractivity contribution is -0.00724. The van der Waals surface area contributed by atoms with Gasteiger partial charge in [0.15, 0.2) is 11.5 Å². The first-order chi connectivity index (χ1) is 22.8. The monoisotopic (exact) mass is 638 g/mol. The van der Waals surface area contributed by atoms with E-state index in [1.54, 1.807) is 18.5 Å².